The highest BCUT2D eigenvalue weighted by Gasteiger charge is 2.10. The van der Waals surface area contributed by atoms with Gasteiger partial charge in [0.15, 0.2) is 0 Å². The van der Waals surface area contributed by atoms with Gasteiger partial charge < -0.3 is 9.62 Å². The van der Waals surface area contributed by atoms with Gasteiger partial charge in [-0.25, -0.2) is 8.42 Å². The molecule has 1 amide bonds. The lowest BCUT2D eigenvalue weighted by atomic mass is 10.2. The van der Waals surface area contributed by atoms with E-state index < -0.39 is 10.0 Å². The van der Waals surface area contributed by atoms with Crippen LogP contribution in [0.5, 0.6) is 0 Å². The molecule has 0 bridgehead atoms. The fourth-order valence-electron chi connectivity index (χ4n) is 1.15. The van der Waals surface area contributed by atoms with Crippen LogP contribution in [-0.4, -0.2) is 40.4 Å². The Morgan fingerprint density at radius 3 is 2.44 bits per heavy atom. The van der Waals surface area contributed by atoms with Crippen LogP contribution in [0, 0.1) is 0 Å². The molecular formula is C10H13N2O3S-. The van der Waals surface area contributed by atoms with Gasteiger partial charge in [-0.1, -0.05) is 6.07 Å². The fraction of sp³-hybridized carbons (Fsp3) is 0.300. The summed E-state index contributed by atoms with van der Waals surface area (Å²) in [7, 11) is 0.788. The summed E-state index contributed by atoms with van der Waals surface area (Å²) in [5.74, 6) is -0.242. The van der Waals surface area contributed by atoms with Crippen LogP contribution >= 0.6 is 0 Å². The average Bonchev–Trinajstić information content (AvgIpc) is 2.28. The summed E-state index contributed by atoms with van der Waals surface area (Å²) >= 11 is 0. The van der Waals surface area contributed by atoms with E-state index in [0.717, 1.165) is 0 Å². The number of carbonyl (C=O) groups is 1. The number of rotatable bonds is 3. The Labute approximate surface area is 95.1 Å². The zero-order chi connectivity index (χ0) is 12.3. The Morgan fingerprint density at radius 1 is 1.31 bits per heavy atom. The highest BCUT2D eigenvalue weighted by Crippen LogP contribution is 2.16. The van der Waals surface area contributed by atoms with Crippen molar-refractivity contribution in [2.75, 3.05) is 21.1 Å². The van der Waals surface area contributed by atoms with Crippen LogP contribution in [0.1, 0.15) is 10.4 Å². The van der Waals surface area contributed by atoms with E-state index in [1.807, 2.05) is 0 Å². The van der Waals surface area contributed by atoms with Gasteiger partial charge in [-0.2, -0.15) is 7.05 Å². The van der Waals surface area contributed by atoms with Gasteiger partial charge in [0.1, 0.15) is 10.0 Å². The van der Waals surface area contributed by atoms with Gasteiger partial charge in [-0.3, -0.25) is 4.79 Å². The predicted octanol–water partition coefficient (Wildman–Crippen LogP) is 1.08. The van der Waals surface area contributed by atoms with Crippen molar-refractivity contribution < 1.29 is 13.2 Å². The van der Waals surface area contributed by atoms with Crippen LogP contribution in [0.2, 0.25) is 0 Å². The number of carbonyl (C=O) groups excluding carboxylic acids is 1. The molecule has 0 unspecified atom stereocenters. The maximum absolute atomic E-state index is 11.6. The molecule has 0 spiro atoms. The van der Waals surface area contributed by atoms with E-state index in [0.29, 0.717) is 5.56 Å². The third-order valence-corrected chi connectivity index (χ3v) is 3.36. The van der Waals surface area contributed by atoms with Crippen molar-refractivity contribution in [1.82, 2.24) is 4.90 Å². The standard InChI is InChI=1S/C10H13N2O3S/c1-11-16(14,15)9-6-4-5-8(7-9)10(13)12(2)3/h4-7H,1-3H3/q-1. The molecule has 0 aromatic heterocycles. The van der Waals surface area contributed by atoms with E-state index >= 15 is 0 Å². The summed E-state index contributed by atoms with van der Waals surface area (Å²) in [5.41, 5.74) is 0.328. The third kappa shape index (κ3) is 2.59. The van der Waals surface area contributed by atoms with Gasteiger partial charge >= 0.3 is 0 Å². The highest BCUT2D eigenvalue weighted by atomic mass is 32.2. The summed E-state index contributed by atoms with van der Waals surface area (Å²) in [6.07, 6.45) is 0. The Bertz CT molecular complexity index is 495. The molecule has 0 aliphatic carbocycles. The molecule has 0 aliphatic rings. The first kappa shape index (κ1) is 12.7. The fourth-order valence-corrected chi connectivity index (χ4v) is 1.89. The molecule has 0 N–H and O–H groups in total. The number of nitrogens with zero attached hydrogens (tertiary/aromatic N) is 2. The maximum Gasteiger partial charge on any atom is 0.253 e. The second kappa shape index (κ2) is 4.63. The van der Waals surface area contributed by atoms with E-state index in [-0.39, 0.29) is 10.8 Å². The summed E-state index contributed by atoms with van der Waals surface area (Å²) in [6, 6.07) is 5.82. The van der Waals surface area contributed by atoms with Crippen LogP contribution in [-0.2, 0) is 10.0 Å². The van der Waals surface area contributed by atoms with Crippen molar-refractivity contribution >= 4 is 15.9 Å². The van der Waals surface area contributed by atoms with E-state index in [1.165, 1.54) is 30.1 Å². The topological polar surface area (TPSA) is 68.5 Å². The van der Waals surface area contributed by atoms with Gasteiger partial charge in [0, 0.05) is 24.6 Å². The van der Waals surface area contributed by atoms with E-state index in [4.69, 9.17) is 0 Å². The maximum atomic E-state index is 11.6. The monoisotopic (exact) mass is 241 g/mol. The lowest BCUT2D eigenvalue weighted by Gasteiger charge is -2.15. The average molecular weight is 241 g/mol. The molecule has 1 aromatic rings. The Morgan fingerprint density at radius 2 is 1.94 bits per heavy atom. The van der Waals surface area contributed by atoms with Gasteiger partial charge in [0.05, 0.1) is 0 Å². The Kier molecular flexibility index (Phi) is 3.66. The normalized spacial score (nSPS) is 11.2. The van der Waals surface area contributed by atoms with Crippen LogP contribution in [0.25, 0.3) is 4.72 Å². The Hall–Kier alpha value is -1.40. The molecule has 0 saturated heterocycles. The first-order valence-corrected chi connectivity index (χ1v) is 6.00. The molecule has 1 aromatic carbocycles. The van der Waals surface area contributed by atoms with Crippen LogP contribution in [0.3, 0.4) is 0 Å². The summed E-state index contributed by atoms with van der Waals surface area (Å²) < 4.78 is 26.2. The first-order chi connectivity index (χ1) is 7.38. The molecule has 6 heteroatoms. The zero-order valence-corrected chi connectivity index (χ0v) is 10.2. The van der Waals surface area contributed by atoms with Gasteiger partial charge in [0.2, 0.25) is 0 Å². The molecular weight excluding hydrogens is 228 g/mol. The molecule has 0 aliphatic heterocycles. The van der Waals surface area contributed by atoms with E-state index in [1.54, 1.807) is 20.2 Å². The van der Waals surface area contributed by atoms with Crippen molar-refractivity contribution in [3.05, 3.63) is 34.6 Å². The van der Waals surface area contributed by atoms with Crippen molar-refractivity contribution in [1.29, 1.82) is 0 Å². The second-order valence-corrected chi connectivity index (χ2v) is 5.17. The van der Waals surface area contributed by atoms with Crippen molar-refractivity contribution in [3.8, 4) is 0 Å². The molecule has 0 radical (unpaired) electrons. The zero-order valence-electron chi connectivity index (χ0n) is 9.34. The van der Waals surface area contributed by atoms with Crippen LogP contribution < -0.4 is 0 Å². The van der Waals surface area contributed by atoms with Gasteiger partial charge in [0.25, 0.3) is 5.91 Å². The first-order valence-electron chi connectivity index (χ1n) is 4.56. The summed E-state index contributed by atoms with van der Waals surface area (Å²) in [4.78, 5) is 13.0. The predicted molar refractivity (Wildman–Crippen MR) is 60.9 cm³/mol. The molecule has 1 rings (SSSR count). The van der Waals surface area contributed by atoms with Crippen LogP contribution in [0.4, 0.5) is 0 Å². The number of hydrogen-bond acceptors (Lipinski definition) is 3. The lowest BCUT2D eigenvalue weighted by Crippen LogP contribution is -2.21. The van der Waals surface area contributed by atoms with Gasteiger partial charge in [-0.15, -0.1) is 0 Å². The Balaban J connectivity index is 3.20. The minimum absolute atomic E-state index is 0.0303. The summed E-state index contributed by atoms with van der Waals surface area (Å²) in [6.45, 7) is 0. The highest BCUT2D eigenvalue weighted by molar-refractivity contribution is 7.94. The molecule has 0 fully saturated rings. The number of benzene rings is 1. The van der Waals surface area contributed by atoms with E-state index in [9.17, 15) is 13.2 Å². The second-order valence-electron chi connectivity index (χ2n) is 3.39. The smallest absolute Gasteiger partial charge is 0.253 e. The number of sulfonamides is 1. The van der Waals surface area contributed by atoms with E-state index in [2.05, 4.69) is 4.72 Å². The number of hydrogen-bond donors (Lipinski definition) is 0. The minimum Gasteiger partial charge on any atom is -0.547 e. The van der Waals surface area contributed by atoms with Crippen molar-refractivity contribution in [2.45, 2.75) is 4.90 Å². The molecule has 0 saturated carbocycles. The quantitative estimate of drug-likeness (QED) is 0.795. The third-order valence-electron chi connectivity index (χ3n) is 2.03. The van der Waals surface area contributed by atoms with Gasteiger partial charge in [-0.05, 0) is 18.2 Å². The van der Waals surface area contributed by atoms with Crippen LogP contribution in [0.15, 0.2) is 29.2 Å². The minimum atomic E-state index is -3.63. The molecule has 0 heterocycles. The summed E-state index contributed by atoms with van der Waals surface area (Å²) in [5, 5.41) is 0. The molecule has 16 heavy (non-hydrogen) atoms. The van der Waals surface area contributed by atoms with Crippen molar-refractivity contribution in [3.63, 3.8) is 0 Å². The SMILES string of the molecule is C[N-]S(=O)(=O)c1cccc(C(=O)N(C)C)c1. The lowest BCUT2D eigenvalue weighted by molar-refractivity contribution is 0.0827. The molecule has 88 valence electrons. The largest absolute Gasteiger partial charge is 0.547 e. The number of amides is 1. The van der Waals surface area contributed by atoms with Crippen molar-refractivity contribution in [2.24, 2.45) is 0 Å². The molecule has 0 atom stereocenters. The molecule has 5 nitrogen and oxygen atoms in total.